The summed E-state index contributed by atoms with van der Waals surface area (Å²) in [6.45, 7) is 0.371. The van der Waals surface area contributed by atoms with Crippen LogP contribution in [0.4, 0.5) is 0 Å². The molecule has 1 fully saturated rings. The second-order valence-corrected chi connectivity index (χ2v) is 6.72. The number of carbonyl (C=O) groups excluding carboxylic acids is 1. The largest absolute Gasteiger partial charge is 0.388 e. The van der Waals surface area contributed by atoms with Crippen LogP contribution in [-0.4, -0.2) is 50.7 Å². The minimum absolute atomic E-state index is 0.0141. The van der Waals surface area contributed by atoms with E-state index in [-0.39, 0.29) is 25.5 Å². The smallest absolute Gasteiger partial charge is 0.194 e. The molecule has 0 amide bonds. The van der Waals surface area contributed by atoms with Crippen LogP contribution in [0.5, 0.6) is 0 Å². The maximum Gasteiger partial charge on any atom is 0.194 e. The topological polar surface area (TPSA) is 84.6 Å². The molecular weight excluding hydrogens is 320 g/mol. The molecule has 2 aromatic carbocycles. The number of fused-ring (bicyclic) bond motifs is 2. The van der Waals surface area contributed by atoms with Gasteiger partial charge in [-0.1, -0.05) is 36.4 Å². The van der Waals surface area contributed by atoms with Gasteiger partial charge >= 0.3 is 0 Å². The van der Waals surface area contributed by atoms with E-state index in [1.54, 1.807) is 10.7 Å². The summed E-state index contributed by atoms with van der Waals surface area (Å²) in [5.74, 6) is -0.0141. The fraction of sp³-hybridized carbons (Fsp3) is 0.263. The Morgan fingerprint density at radius 3 is 2.56 bits per heavy atom. The molecule has 6 heteroatoms. The Balaban J connectivity index is 1.69. The van der Waals surface area contributed by atoms with Gasteiger partial charge in [-0.15, -0.1) is 0 Å². The van der Waals surface area contributed by atoms with Crippen molar-refractivity contribution in [3.8, 4) is 11.3 Å². The van der Waals surface area contributed by atoms with Crippen LogP contribution in [0, 0.1) is 0 Å². The van der Waals surface area contributed by atoms with E-state index >= 15 is 0 Å². The molecule has 6 nitrogen and oxygen atoms in total. The summed E-state index contributed by atoms with van der Waals surface area (Å²) in [6.07, 6.45) is -0.993. The van der Waals surface area contributed by atoms with Crippen LogP contribution < -0.4 is 0 Å². The first-order valence-corrected chi connectivity index (χ1v) is 8.20. The zero-order chi connectivity index (χ0) is 17.2. The highest BCUT2D eigenvalue weighted by atomic mass is 16.5. The number of hydrogen-bond acceptors (Lipinski definition) is 5. The molecule has 0 spiro atoms. The predicted molar refractivity (Wildman–Crippen MR) is 90.4 cm³/mol. The van der Waals surface area contributed by atoms with Crippen molar-refractivity contribution in [1.82, 2.24) is 9.78 Å². The van der Waals surface area contributed by atoms with Crippen LogP contribution in [0.1, 0.15) is 15.9 Å². The molecule has 1 aromatic heterocycles. The van der Waals surface area contributed by atoms with E-state index in [1.807, 2.05) is 36.4 Å². The lowest BCUT2D eigenvalue weighted by Crippen LogP contribution is -2.59. The van der Waals surface area contributed by atoms with Gasteiger partial charge in [0.1, 0.15) is 17.4 Å². The number of rotatable bonds is 3. The Bertz CT molecular complexity index is 1020. The number of aliphatic hydroxyl groups excluding tert-OH is 1. The summed E-state index contributed by atoms with van der Waals surface area (Å²) in [5.41, 5.74) is 2.35. The van der Waals surface area contributed by atoms with Crippen LogP contribution in [-0.2, 0) is 11.3 Å². The maximum absolute atomic E-state index is 12.8. The maximum atomic E-state index is 12.8. The van der Waals surface area contributed by atoms with Crippen LogP contribution in [0.15, 0.2) is 42.5 Å². The molecule has 2 heterocycles. The Hall–Kier alpha value is -2.54. The number of aromatic nitrogens is 2. The third-order valence-corrected chi connectivity index (χ3v) is 5.12. The molecule has 126 valence electrons. The van der Waals surface area contributed by atoms with Gasteiger partial charge in [-0.05, 0) is 6.07 Å². The number of benzene rings is 2. The molecule has 0 saturated carbocycles. The van der Waals surface area contributed by atoms with Crippen LogP contribution >= 0.6 is 0 Å². The third kappa shape index (κ3) is 1.96. The molecule has 1 atom stereocenters. The fourth-order valence-corrected chi connectivity index (χ4v) is 3.62. The highest BCUT2D eigenvalue weighted by Gasteiger charge is 2.44. The fourth-order valence-electron chi connectivity index (χ4n) is 3.62. The van der Waals surface area contributed by atoms with Gasteiger partial charge in [-0.3, -0.25) is 9.48 Å². The van der Waals surface area contributed by atoms with Gasteiger partial charge < -0.3 is 14.9 Å². The van der Waals surface area contributed by atoms with Crippen molar-refractivity contribution >= 4 is 16.7 Å². The molecule has 25 heavy (non-hydrogen) atoms. The van der Waals surface area contributed by atoms with E-state index in [4.69, 9.17) is 4.74 Å². The second kappa shape index (κ2) is 4.98. The lowest BCUT2D eigenvalue weighted by molar-refractivity contribution is -0.228. The van der Waals surface area contributed by atoms with E-state index < -0.39 is 11.7 Å². The number of hydrogen-bond donors (Lipinski definition) is 2. The average Bonchev–Trinajstić information content (AvgIpc) is 2.97. The van der Waals surface area contributed by atoms with E-state index in [1.165, 1.54) is 0 Å². The van der Waals surface area contributed by atoms with Gasteiger partial charge in [-0.2, -0.15) is 5.10 Å². The van der Waals surface area contributed by atoms with Gasteiger partial charge in [0.25, 0.3) is 0 Å². The lowest BCUT2D eigenvalue weighted by atomic mass is 9.87. The third-order valence-electron chi connectivity index (χ3n) is 5.12. The van der Waals surface area contributed by atoms with Crippen LogP contribution in [0.25, 0.3) is 22.2 Å². The van der Waals surface area contributed by atoms with E-state index in [0.717, 1.165) is 22.2 Å². The van der Waals surface area contributed by atoms with Crippen molar-refractivity contribution in [2.24, 2.45) is 0 Å². The van der Waals surface area contributed by atoms with Gasteiger partial charge in [0.15, 0.2) is 5.78 Å². The Morgan fingerprint density at radius 2 is 1.84 bits per heavy atom. The molecule has 5 rings (SSSR count). The number of aliphatic hydroxyl groups is 2. The molecule has 0 bridgehead atoms. The minimum Gasteiger partial charge on any atom is -0.388 e. The zero-order valence-corrected chi connectivity index (χ0v) is 13.3. The van der Waals surface area contributed by atoms with Crippen molar-refractivity contribution in [1.29, 1.82) is 0 Å². The molecule has 2 N–H and O–H groups in total. The van der Waals surface area contributed by atoms with E-state index in [2.05, 4.69) is 5.10 Å². The molecule has 0 radical (unpaired) electrons. The molecule has 1 unspecified atom stereocenters. The van der Waals surface area contributed by atoms with Crippen molar-refractivity contribution in [2.75, 3.05) is 13.2 Å². The Labute approximate surface area is 143 Å². The first-order chi connectivity index (χ1) is 12.1. The second-order valence-electron chi connectivity index (χ2n) is 6.72. The average molecular weight is 336 g/mol. The van der Waals surface area contributed by atoms with Gasteiger partial charge in [0.05, 0.1) is 25.3 Å². The molecule has 1 aliphatic heterocycles. The highest BCUT2D eigenvalue weighted by molar-refractivity contribution is 6.25. The molecule has 3 aromatic rings. The Morgan fingerprint density at radius 1 is 1.12 bits per heavy atom. The molecule has 1 saturated heterocycles. The summed E-state index contributed by atoms with van der Waals surface area (Å²) >= 11 is 0. The number of ether oxygens (including phenoxy) is 1. The number of ketones is 1. The van der Waals surface area contributed by atoms with Gasteiger partial charge in [-0.25, -0.2) is 0 Å². The summed E-state index contributed by atoms with van der Waals surface area (Å²) in [5, 5.41) is 26.1. The molecular formula is C19H16N2O4. The number of nitrogens with zero attached hydrogens (tertiary/aromatic N) is 2. The summed E-state index contributed by atoms with van der Waals surface area (Å²) in [4.78, 5) is 12.8. The Kier molecular flexibility index (Phi) is 2.94. The predicted octanol–water partition coefficient (Wildman–Crippen LogP) is 1.37. The molecule has 1 aliphatic carbocycles. The summed E-state index contributed by atoms with van der Waals surface area (Å²) < 4.78 is 6.69. The minimum atomic E-state index is -1.23. The monoisotopic (exact) mass is 336 g/mol. The summed E-state index contributed by atoms with van der Waals surface area (Å²) in [6, 6.07) is 12.9. The van der Waals surface area contributed by atoms with E-state index in [9.17, 15) is 15.0 Å². The SMILES string of the molecule is O=C1c2ccccc2-c2nn(CC(O)C3(O)COC3)c3cccc1c23. The quantitative estimate of drug-likeness (QED) is 0.590. The zero-order valence-electron chi connectivity index (χ0n) is 13.3. The van der Waals surface area contributed by atoms with Crippen LogP contribution in [0.3, 0.4) is 0 Å². The number of carbonyl (C=O) groups is 1. The first-order valence-electron chi connectivity index (χ1n) is 8.20. The first kappa shape index (κ1) is 14.8. The van der Waals surface area contributed by atoms with Crippen molar-refractivity contribution in [3.05, 3.63) is 53.6 Å². The highest BCUT2D eigenvalue weighted by Crippen LogP contribution is 2.39. The van der Waals surface area contributed by atoms with Crippen molar-refractivity contribution < 1.29 is 19.7 Å². The van der Waals surface area contributed by atoms with E-state index in [0.29, 0.717) is 11.1 Å². The van der Waals surface area contributed by atoms with Crippen molar-refractivity contribution in [2.45, 2.75) is 18.2 Å². The van der Waals surface area contributed by atoms with Gasteiger partial charge in [0, 0.05) is 22.1 Å². The molecule has 2 aliphatic rings. The standard InChI is InChI=1S/C19H16N2O4/c22-15(19(24)9-25-10-19)8-21-14-7-3-6-13-16(14)17(20-21)11-4-1-2-5-12(11)18(13)23/h1-7,15,22,24H,8-10H2. The van der Waals surface area contributed by atoms with Crippen molar-refractivity contribution in [3.63, 3.8) is 0 Å². The normalized spacial score (nSPS) is 18.7. The van der Waals surface area contributed by atoms with Crippen LogP contribution in [0.2, 0.25) is 0 Å². The summed E-state index contributed by atoms with van der Waals surface area (Å²) in [7, 11) is 0. The lowest BCUT2D eigenvalue weighted by Gasteiger charge is -2.39. The van der Waals surface area contributed by atoms with Gasteiger partial charge in [0.2, 0.25) is 0 Å².